The van der Waals surface area contributed by atoms with E-state index in [-0.39, 0.29) is 0 Å². The largest absolute Gasteiger partial charge is 0.417 e. The number of aromatic nitrogens is 1. The molecule has 1 fully saturated rings. The van der Waals surface area contributed by atoms with Crippen molar-refractivity contribution in [3.8, 4) is 0 Å². The molecule has 2 aliphatic rings. The molecule has 30 heavy (non-hydrogen) atoms. The normalized spacial score (nSPS) is 16.0. The van der Waals surface area contributed by atoms with E-state index in [0.717, 1.165) is 12.8 Å². The summed E-state index contributed by atoms with van der Waals surface area (Å²) in [7, 11) is 0. The molecule has 2 amide bonds. The van der Waals surface area contributed by atoms with Gasteiger partial charge in [-0.3, -0.25) is 14.6 Å². The molecule has 154 valence electrons. The molecule has 2 aromatic carbocycles. The summed E-state index contributed by atoms with van der Waals surface area (Å²) >= 11 is 0. The predicted octanol–water partition coefficient (Wildman–Crippen LogP) is 1.90. The van der Waals surface area contributed by atoms with Crippen LogP contribution in [0.2, 0.25) is 0 Å². The van der Waals surface area contributed by atoms with Gasteiger partial charge >= 0.3 is 17.6 Å². The van der Waals surface area contributed by atoms with E-state index in [1.54, 1.807) is 17.0 Å². The van der Waals surface area contributed by atoms with Crippen LogP contribution in [0.3, 0.4) is 0 Å². The SMILES string of the molecule is O=C(Nc1ccc2[nH]c(=O)oc2c1)C(=O)N1CCN(c2ccc3c(c2)CCC3)CC1. The van der Waals surface area contributed by atoms with E-state index in [4.69, 9.17) is 4.42 Å². The Balaban J connectivity index is 1.20. The maximum Gasteiger partial charge on any atom is 0.417 e. The average molecular weight is 406 g/mol. The number of fused-ring (bicyclic) bond motifs is 2. The van der Waals surface area contributed by atoms with E-state index in [0.29, 0.717) is 43.0 Å². The van der Waals surface area contributed by atoms with Gasteiger partial charge in [-0.05, 0) is 54.7 Å². The van der Waals surface area contributed by atoms with E-state index in [2.05, 4.69) is 33.4 Å². The van der Waals surface area contributed by atoms with Crippen molar-refractivity contribution in [2.24, 2.45) is 0 Å². The van der Waals surface area contributed by atoms with Crippen LogP contribution in [0.15, 0.2) is 45.6 Å². The molecule has 8 nitrogen and oxygen atoms in total. The molecule has 2 heterocycles. The molecule has 3 aromatic rings. The Morgan fingerprint density at radius 3 is 2.60 bits per heavy atom. The molecule has 8 heteroatoms. The summed E-state index contributed by atoms with van der Waals surface area (Å²) in [6.07, 6.45) is 3.52. The first-order chi connectivity index (χ1) is 14.6. The van der Waals surface area contributed by atoms with Crippen molar-refractivity contribution in [1.82, 2.24) is 9.88 Å². The lowest BCUT2D eigenvalue weighted by atomic mass is 10.1. The van der Waals surface area contributed by atoms with Crippen LogP contribution in [0, 0.1) is 0 Å². The highest BCUT2D eigenvalue weighted by Crippen LogP contribution is 2.27. The molecule has 0 bridgehead atoms. The third kappa shape index (κ3) is 3.45. The summed E-state index contributed by atoms with van der Waals surface area (Å²) in [6, 6.07) is 11.4. The second-order valence-electron chi connectivity index (χ2n) is 7.77. The van der Waals surface area contributed by atoms with E-state index >= 15 is 0 Å². The fourth-order valence-electron chi connectivity index (χ4n) is 4.27. The molecule has 1 saturated heterocycles. The highest BCUT2D eigenvalue weighted by atomic mass is 16.4. The number of amides is 2. The van der Waals surface area contributed by atoms with Crippen LogP contribution in [0.1, 0.15) is 17.5 Å². The number of nitrogens with one attached hydrogen (secondary N) is 2. The monoisotopic (exact) mass is 406 g/mol. The number of benzene rings is 2. The lowest BCUT2D eigenvalue weighted by molar-refractivity contribution is -0.143. The molecule has 1 aromatic heterocycles. The van der Waals surface area contributed by atoms with Gasteiger partial charge in [-0.25, -0.2) is 4.79 Å². The maximum absolute atomic E-state index is 12.6. The molecule has 1 aliphatic carbocycles. The van der Waals surface area contributed by atoms with E-state index in [1.807, 2.05) is 0 Å². The summed E-state index contributed by atoms with van der Waals surface area (Å²) in [6.45, 7) is 2.38. The first-order valence-corrected chi connectivity index (χ1v) is 10.2. The van der Waals surface area contributed by atoms with Gasteiger partial charge in [0.05, 0.1) is 5.52 Å². The lowest BCUT2D eigenvalue weighted by Gasteiger charge is -2.36. The third-order valence-electron chi connectivity index (χ3n) is 5.89. The van der Waals surface area contributed by atoms with Gasteiger partial charge in [0, 0.05) is 43.6 Å². The van der Waals surface area contributed by atoms with Gasteiger partial charge in [0.1, 0.15) is 0 Å². The van der Waals surface area contributed by atoms with E-state index in [9.17, 15) is 14.4 Å². The molecule has 0 atom stereocenters. The zero-order valence-corrected chi connectivity index (χ0v) is 16.4. The third-order valence-corrected chi connectivity index (χ3v) is 5.89. The van der Waals surface area contributed by atoms with Gasteiger partial charge in [-0.1, -0.05) is 6.07 Å². The first-order valence-electron chi connectivity index (χ1n) is 10.2. The lowest BCUT2D eigenvalue weighted by Crippen LogP contribution is -2.51. The molecule has 0 spiro atoms. The first kappa shape index (κ1) is 18.5. The fourth-order valence-corrected chi connectivity index (χ4v) is 4.27. The number of carbonyl (C=O) groups is 2. The number of oxazole rings is 1. The minimum atomic E-state index is -0.696. The number of aryl methyl sites for hydroxylation is 2. The van der Waals surface area contributed by atoms with Crippen molar-refractivity contribution in [1.29, 1.82) is 0 Å². The van der Waals surface area contributed by atoms with Crippen molar-refractivity contribution in [2.75, 3.05) is 36.4 Å². The van der Waals surface area contributed by atoms with E-state index < -0.39 is 17.6 Å². The number of carbonyl (C=O) groups excluding carboxylic acids is 2. The number of hydrogen-bond donors (Lipinski definition) is 2. The molecule has 0 saturated carbocycles. The second-order valence-corrected chi connectivity index (χ2v) is 7.77. The topological polar surface area (TPSA) is 98.6 Å². The Labute approximate surface area is 172 Å². The Morgan fingerprint density at radius 1 is 0.967 bits per heavy atom. The zero-order valence-electron chi connectivity index (χ0n) is 16.4. The number of piperazine rings is 1. The van der Waals surface area contributed by atoms with Gasteiger partial charge in [0.2, 0.25) is 0 Å². The standard InChI is InChI=1S/C22H22N4O4/c27-20(23-16-5-7-18-19(13-16)30-22(29)24-18)21(28)26-10-8-25(9-11-26)17-6-4-14-2-1-3-15(14)12-17/h4-7,12-13H,1-3,8-11H2,(H,23,27)(H,24,29). The number of H-pyrrole nitrogens is 1. The van der Waals surface area contributed by atoms with Crippen molar-refractivity contribution in [3.05, 3.63) is 58.1 Å². The highest BCUT2D eigenvalue weighted by Gasteiger charge is 2.26. The van der Waals surface area contributed by atoms with Crippen molar-refractivity contribution < 1.29 is 14.0 Å². The molecule has 0 unspecified atom stereocenters. The van der Waals surface area contributed by atoms with Crippen molar-refractivity contribution in [2.45, 2.75) is 19.3 Å². The van der Waals surface area contributed by atoms with Gasteiger partial charge in [-0.2, -0.15) is 0 Å². The number of nitrogens with zero attached hydrogens (tertiary/aromatic N) is 2. The minimum absolute atomic E-state index is 0.327. The molecule has 1 aliphatic heterocycles. The van der Waals surface area contributed by atoms with Crippen LogP contribution >= 0.6 is 0 Å². The van der Waals surface area contributed by atoms with Crippen LogP contribution in [0.5, 0.6) is 0 Å². The summed E-state index contributed by atoms with van der Waals surface area (Å²) in [5.41, 5.74) is 5.33. The van der Waals surface area contributed by atoms with Crippen LogP contribution in [0.4, 0.5) is 11.4 Å². The van der Waals surface area contributed by atoms with Crippen LogP contribution < -0.4 is 16.0 Å². The quantitative estimate of drug-likeness (QED) is 0.634. The molecule has 0 radical (unpaired) electrons. The number of hydrogen-bond acceptors (Lipinski definition) is 5. The van der Waals surface area contributed by atoms with Crippen LogP contribution in [-0.4, -0.2) is 47.9 Å². The fraction of sp³-hybridized carbons (Fsp3) is 0.318. The number of aromatic amines is 1. The zero-order chi connectivity index (χ0) is 20.7. The smallest absolute Gasteiger partial charge is 0.408 e. The summed E-state index contributed by atoms with van der Waals surface area (Å²) in [5, 5.41) is 2.59. The predicted molar refractivity (Wildman–Crippen MR) is 113 cm³/mol. The summed E-state index contributed by atoms with van der Waals surface area (Å²) in [5.74, 6) is -1.82. The summed E-state index contributed by atoms with van der Waals surface area (Å²) < 4.78 is 4.99. The van der Waals surface area contributed by atoms with Crippen molar-refractivity contribution in [3.63, 3.8) is 0 Å². The van der Waals surface area contributed by atoms with Gasteiger partial charge in [0.15, 0.2) is 5.58 Å². The number of rotatable bonds is 2. The minimum Gasteiger partial charge on any atom is -0.408 e. The summed E-state index contributed by atoms with van der Waals surface area (Å²) in [4.78, 5) is 42.6. The number of anilines is 2. The van der Waals surface area contributed by atoms with Crippen LogP contribution in [-0.2, 0) is 22.4 Å². The molecular weight excluding hydrogens is 384 g/mol. The Hall–Kier alpha value is -3.55. The van der Waals surface area contributed by atoms with Crippen LogP contribution in [0.25, 0.3) is 11.1 Å². The second kappa shape index (κ2) is 7.37. The van der Waals surface area contributed by atoms with E-state index in [1.165, 1.54) is 29.3 Å². The Morgan fingerprint density at radius 2 is 1.77 bits per heavy atom. The van der Waals surface area contributed by atoms with Gasteiger partial charge < -0.3 is 19.5 Å². The molecular formula is C22H22N4O4. The molecule has 2 N–H and O–H groups in total. The van der Waals surface area contributed by atoms with Crippen molar-refractivity contribution >= 4 is 34.3 Å². The Kier molecular flexibility index (Phi) is 4.54. The highest BCUT2D eigenvalue weighted by molar-refractivity contribution is 6.39. The van der Waals surface area contributed by atoms with Gasteiger partial charge in [0.25, 0.3) is 0 Å². The maximum atomic E-state index is 12.6. The average Bonchev–Trinajstić information content (AvgIpc) is 3.37. The Bertz CT molecular complexity index is 1190. The molecule has 5 rings (SSSR count). The van der Waals surface area contributed by atoms with Gasteiger partial charge in [-0.15, -0.1) is 0 Å².